The van der Waals surface area contributed by atoms with E-state index in [1.54, 1.807) is 0 Å². The minimum absolute atomic E-state index is 0. The van der Waals surface area contributed by atoms with Crippen molar-refractivity contribution >= 4 is 18.4 Å². The van der Waals surface area contributed by atoms with Gasteiger partial charge in [-0.2, -0.15) is 0 Å². The van der Waals surface area contributed by atoms with Crippen molar-refractivity contribution in [3.05, 3.63) is 34.9 Å². The van der Waals surface area contributed by atoms with Gasteiger partial charge < -0.3 is 10.8 Å². The number of carbonyl (C=O) groups is 1. The van der Waals surface area contributed by atoms with E-state index in [2.05, 4.69) is 0 Å². The molecule has 2 atom stereocenters. The largest absolute Gasteiger partial charge is 0.478 e. The molecule has 2 rings (SSSR count). The van der Waals surface area contributed by atoms with E-state index in [0.717, 1.165) is 18.6 Å². The van der Waals surface area contributed by atoms with E-state index in [9.17, 15) is 13.6 Å². The lowest BCUT2D eigenvalue weighted by Gasteiger charge is -2.12. The van der Waals surface area contributed by atoms with Crippen LogP contribution in [0.1, 0.15) is 41.1 Å². The maximum atomic E-state index is 13.7. The number of carboxylic acid groups (broad SMARTS) is 1. The van der Waals surface area contributed by atoms with Gasteiger partial charge in [0.1, 0.15) is 11.6 Å². The van der Waals surface area contributed by atoms with Gasteiger partial charge in [-0.15, -0.1) is 12.4 Å². The summed E-state index contributed by atoms with van der Waals surface area (Å²) < 4.78 is 27.2. The highest BCUT2D eigenvalue weighted by Gasteiger charge is 2.27. The molecule has 1 aromatic carbocycles. The molecular weight excluding hydrogens is 264 g/mol. The zero-order chi connectivity index (χ0) is 12.6. The van der Waals surface area contributed by atoms with E-state index >= 15 is 0 Å². The van der Waals surface area contributed by atoms with Gasteiger partial charge >= 0.3 is 5.97 Å². The van der Waals surface area contributed by atoms with E-state index in [4.69, 9.17) is 10.8 Å². The molecule has 1 aliphatic carbocycles. The molecule has 0 saturated heterocycles. The van der Waals surface area contributed by atoms with Crippen molar-refractivity contribution in [1.82, 2.24) is 0 Å². The Labute approximate surface area is 109 Å². The number of nitrogens with two attached hydrogens (primary N) is 1. The van der Waals surface area contributed by atoms with Crippen LogP contribution in [0.5, 0.6) is 0 Å². The average molecular weight is 278 g/mol. The number of carboxylic acids is 1. The smallest absolute Gasteiger partial charge is 0.338 e. The van der Waals surface area contributed by atoms with Crippen LogP contribution in [0.2, 0.25) is 0 Å². The lowest BCUT2D eigenvalue weighted by atomic mass is 9.95. The molecule has 0 radical (unpaired) electrons. The molecule has 3 N–H and O–H groups in total. The van der Waals surface area contributed by atoms with Crippen LogP contribution in [0, 0.1) is 11.6 Å². The highest BCUT2D eigenvalue weighted by Crippen LogP contribution is 2.35. The van der Waals surface area contributed by atoms with Crippen molar-refractivity contribution in [3.8, 4) is 0 Å². The van der Waals surface area contributed by atoms with E-state index in [1.165, 1.54) is 0 Å². The minimum Gasteiger partial charge on any atom is -0.478 e. The van der Waals surface area contributed by atoms with Gasteiger partial charge in [0.05, 0.1) is 5.56 Å². The molecule has 1 aliphatic rings. The Bertz CT molecular complexity index is 468. The van der Waals surface area contributed by atoms with Crippen LogP contribution in [0.4, 0.5) is 8.78 Å². The van der Waals surface area contributed by atoms with Gasteiger partial charge in [0.25, 0.3) is 0 Å². The summed E-state index contributed by atoms with van der Waals surface area (Å²) >= 11 is 0. The molecule has 0 spiro atoms. The first-order valence-corrected chi connectivity index (χ1v) is 5.47. The Hall–Kier alpha value is -1.20. The van der Waals surface area contributed by atoms with Crippen LogP contribution >= 0.6 is 12.4 Å². The number of benzene rings is 1. The van der Waals surface area contributed by atoms with Gasteiger partial charge in [0.2, 0.25) is 0 Å². The van der Waals surface area contributed by atoms with Crippen molar-refractivity contribution in [2.45, 2.75) is 31.2 Å². The molecule has 1 saturated carbocycles. The standard InChI is InChI=1S/C12H13F2NO2.ClH/c13-10-5-9(12(16)17)11(14)4-8(10)6-1-2-7(15)3-6;/h4-7H,1-3,15H2,(H,16,17);1H. The molecule has 100 valence electrons. The lowest BCUT2D eigenvalue weighted by Crippen LogP contribution is -2.15. The molecule has 1 fully saturated rings. The summed E-state index contributed by atoms with van der Waals surface area (Å²) in [6, 6.07) is 1.75. The van der Waals surface area contributed by atoms with E-state index in [0.29, 0.717) is 12.8 Å². The molecule has 0 aliphatic heterocycles. The summed E-state index contributed by atoms with van der Waals surface area (Å²) in [5.74, 6) is -3.13. The topological polar surface area (TPSA) is 63.3 Å². The fourth-order valence-corrected chi connectivity index (χ4v) is 2.34. The normalized spacial score (nSPS) is 22.6. The monoisotopic (exact) mass is 277 g/mol. The van der Waals surface area contributed by atoms with Crippen LogP contribution in [-0.2, 0) is 0 Å². The first kappa shape index (κ1) is 14.9. The van der Waals surface area contributed by atoms with Crippen LogP contribution in [-0.4, -0.2) is 17.1 Å². The number of hydrogen-bond donors (Lipinski definition) is 2. The van der Waals surface area contributed by atoms with Crippen LogP contribution in [0.15, 0.2) is 12.1 Å². The Morgan fingerprint density at radius 3 is 2.44 bits per heavy atom. The number of rotatable bonds is 2. The van der Waals surface area contributed by atoms with Crippen LogP contribution in [0.3, 0.4) is 0 Å². The second-order valence-corrected chi connectivity index (χ2v) is 4.43. The summed E-state index contributed by atoms with van der Waals surface area (Å²) in [6.45, 7) is 0. The predicted octanol–water partition coefficient (Wildman–Crippen LogP) is 2.68. The van der Waals surface area contributed by atoms with E-state index in [-0.39, 0.29) is 29.9 Å². The molecule has 18 heavy (non-hydrogen) atoms. The molecule has 2 unspecified atom stereocenters. The zero-order valence-corrected chi connectivity index (χ0v) is 10.3. The third kappa shape index (κ3) is 2.79. The van der Waals surface area contributed by atoms with E-state index < -0.39 is 23.2 Å². The van der Waals surface area contributed by atoms with Crippen molar-refractivity contribution in [1.29, 1.82) is 0 Å². The van der Waals surface area contributed by atoms with Gasteiger partial charge in [-0.25, -0.2) is 13.6 Å². The highest BCUT2D eigenvalue weighted by molar-refractivity contribution is 5.88. The average Bonchev–Trinajstić information content (AvgIpc) is 2.67. The first-order chi connectivity index (χ1) is 7.99. The summed E-state index contributed by atoms with van der Waals surface area (Å²) in [7, 11) is 0. The predicted molar refractivity (Wildman–Crippen MR) is 65.1 cm³/mol. The Morgan fingerprint density at radius 2 is 1.94 bits per heavy atom. The molecule has 0 amide bonds. The zero-order valence-electron chi connectivity index (χ0n) is 9.53. The minimum atomic E-state index is -1.46. The molecular formula is C12H14ClF2NO2. The van der Waals surface area contributed by atoms with Crippen molar-refractivity contribution in [2.24, 2.45) is 5.73 Å². The molecule has 0 aromatic heterocycles. The Balaban J connectivity index is 0.00000162. The third-order valence-electron chi connectivity index (χ3n) is 3.23. The van der Waals surface area contributed by atoms with Gasteiger partial charge in [-0.3, -0.25) is 0 Å². The Kier molecular flexibility index (Phi) is 4.65. The third-order valence-corrected chi connectivity index (χ3v) is 3.23. The van der Waals surface area contributed by atoms with E-state index in [1.807, 2.05) is 0 Å². The van der Waals surface area contributed by atoms with Crippen LogP contribution < -0.4 is 5.73 Å². The molecule has 3 nitrogen and oxygen atoms in total. The lowest BCUT2D eigenvalue weighted by molar-refractivity contribution is 0.0691. The summed E-state index contributed by atoms with van der Waals surface area (Å²) in [6.07, 6.45) is 2.11. The van der Waals surface area contributed by atoms with Crippen LogP contribution in [0.25, 0.3) is 0 Å². The SMILES string of the molecule is Cl.NC1CCC(c2cc(F)c(C(=O)O)cc2F)C1. The maximum Gasteiger partial charge on any atom is 0.338 e. The summed E-state index contributed by atoms with van der Waals surface area (Å²) in [5, 5.41) is 8.66. The number of halogens is 3. The van der Waals surface area contributed by atoms with Crippen molar-refractivity contribution in [2.75, 3.05) is 0 Å². The molecule has 0 bridgehead atoms. The second-order valence-electron chi connectivity index (χ2n) is 4.43. The molecule has 6 heteroatoms. The molecule has 1 aromatic rings. The Morgan fingerprint density at radius 1 is 1.28 bits per heavy atom. The maximum absolute atomic E-state index is 13.7. The summed E-state index contributed by atoms with van der Waals surface area (Å²) in [4.78, 5) is 10.6. The first-order valence-electron chi connectivity index (χ1n) is 5.47. The van der Waals surface area contributed by atoms with Gasteiger partial charge in [-0.05, 0) is 42.9 Å². The quantitative estimate of drug-likeness (QED) is 0.873. The molecule has 0 heterocycles. The fourth-order valence-electron chi connectivity index (χ4n) is 2.34. The number of aromatic carboxylic acids is 1. The fraction of sp³-hybridized carbons (Fsp3) is 0.417. The summed E-state index contributed by atoms with van der Waals surface area (Å²) in [5.41, 5.74) is 5.32. The van der Waals surface area contributed by atoms with Gasteiger partial charge in [0.15, 0.2) is 0 Å². The van der Waals surface area contributed by atoms with Crippen molar-refractivity contribution in [3.63, 3.8) is 0 Å². The second kappa shape index (κ2) is 5.63. The van der Waals surface area contributed by atoms with Gasteiger partial charge in [0, 0.05) is 6.04 Å². The highest BCUT2D eigenvalue weighted by atomic mass is 35.5. The van der Waals surface area contributed by atoms with Crippen molar-refractivity contribution < 1.29 is 18.7 Å². The number of hydrogen-bond acceptors (Lipinski definition) is 2. The van der Waals surface area contributed by atoms with Gasteiger partial charge in [-0.1, -0.05) is 0 Å².